The number of nitrogens with two attached hydrogens (primary N) is 1. The van der Waals surface area contributed by atoms with Crippen molar-refractivity contribution in [3.05, 3.63) is 35.9 Å². The zero-order valence-electron chi connectivity index (χ0n) is 15.5. The number of carbonyl (C=O) groups excluding carboxylic acids is 1. The van der Waals surface area contributed by atoms with E-state index in [4.69, 9.17) is 5.73 Å². The molecule has 1 aliphatic rings. The topological polar surface area (TPSA) is 58.4 Å². The van der Waals surface area contributed by atoms with Gasteiger partial charge in [0.15, 0.2) is 0 Å². The predicted molar refractivity (Wildman–Crippen MR) is 109 cm³/mol. The molecule has 0 spiro atoms. The number of halogens is 2. The Bertz CT molecular complexity index is 491. The summed E-state index contributed by atoms with van der Waals surface area (Å²) in [4.78, 5) is 14.9. The van der Waals surface area contributed by atoms with Crippen molar-refractivity contribution in [3.63, 3.8) is 0 Å². The summed E-state index contributed by atoms with van der Waals surface area (Å²) in [7, 11) is 0. The first-order valence-corrected chi connectivity index (χ1v) is 8.81. The van der Waals surface area contributed by atoms with Gasteiger partial charge >= 0.3 is 0 Å². The molecule has 2 atom stereocenters. The first-order valence-electron chi connectivity index (χ1n) is 8.81. The molecule has 0 bridgehead atoms. The quantitative estimate of drug-likeness (QED) is 0.783. The van der Waals surface area contributed by atoms with E-state index in [-0.39, 0.29) is 30.7 Å². The van der Waals surface area contributed by atoms with Crippen molar-refractivity contribution >= 4 is 30.7 Å². The molecule has 4 nitrogen and oxygen atoms in total. The average Bonchev–Trinajstić information content (AvgIpc) is 2.56. The highest BCUT2D eigenvalue weighted by Gasteiger charge is 2.26. The van der Waals surface area contributed by atoms with Crippen LogP contribution in [0.5, 0.6) is 0 Å². The molecule has 1 aromatic rings. The molecule has 2 rings (SSSR count). The molecule has 0 saturated carbocycles. The fourth-order valence-corrected chi connectivity index (χ4v) is 3.27. The van der Waals surface area contributed by atoms with Crippen molar-refractivity contribution in [3.8, 4) is 0 Å². The van der Waals surface area contributed by atoms with E-state index in [1.54, 1.807) is 0 Å². The molecule has 1 heterocycles. The van der Waals surface area contributed by atoms with Gasteiger partial charge < -0.3 is 11.1 Å². The molecule has 1 aromatic carbocycles. The Labute approximate surface area is 164 Å². The number of amides is 1. The molecule has 1 amide bonds. The van der Waals surface area contributed by atoms with Crippen molar-refractivity contribution in [2.75, 3.05) is 19.6 Å². The summed E-state index contributed by atoms with van der Waals surface area (Å²) in [5, 5.41) is 3.07. The van der Waals surface area contributed by atoms with Crippen LogP contribution in [0.25, 0.3) is 0 Å². The lowest BCUT2D eigenvalue weighted by atomic mass is 9.94. The lowest BCUT2D eigenvalue weighted by Crippen LogP contribution is -2.50. The Balaban J connectivity index is 0.00000288. The van der Waals surface area contributed by atoms with Gasteiger partial charge in [-0.05, 0) is 43.3 Å². The highest BCUT2D eigenvalue weighted by atomic mass is 35.5. The Morgan fingerprint density at radius 1 is 1.20 bits per heavy atom. The smallest absolute Gasteiger partial charge is 0.241 e. The van der Waals surface area contributed by atoms with Gasteiger partial charge in [0, 0.05) is 12.6 Å². The van der Waals surface area contributed by atoms with Crippen LogP contribution in [0.2, 0.25) is 0 Å². The summed E-state index contributed by atoms with van der Waals surface area (Å²) in [5.41, 5.74) is 6.93. The minimum absolute atomic E-state index is 0. The Kier molecular flexibility index (Phi) is 11.4. The summed E-state index contributed by atoms with van der Waals surface area (Å²) in [6, 6.07) is 9.34. The van der Waals surface area contributed by atoms with Crippen LogP contribution in [0.3, 0.4) is 0 Å². The van der Waals surface area contributed by atoms with E-state index in [2.05, 4.69) is 31.0 Å². The summed E-state index contributed by atoms with van der Waals surface area (Å²) >= 11 is 0. The van der Waals surface area contributed by atoms with Crippen LogP contribution in [0, 0.1) is 11.8 Å². The van der Waals surface area contributed by atoms with Gasteiger partial charge in [-0.25, -0.2) is 0 Å². The first kappa shape index (κ1) is 24.2. The molecule has 144 valence electrons. The number of nitrogens with one attached hydrogen (secondary N) is 1. The number of nitrogens with zero attached hydrogens (tertiary/aromatic N) is 1. The molecule has 25 heavy (non-hydrogen) atoms. The Hall–Kier alpha value is -0.810. The van der Waals surface area contributed by atoms with Crippen molar-refractivity contribution < 1.29 is 4.79 Å². The fourth-order valence-electron chi connectivity index (χ4n) is 3.27. The Morgan fingerprint density at radius 3 is 2.28 bits per heavy atom. The summed E-state index contributed by atoms with van der Waals surface area (Å²) < 4.78 is 0. The van der Waals surface area contributed by atoms with Gasteiger partial charge in [-0.1, -0.05) is 51.1 Å². The second kappa shape index (κ2) is 11.7. The van der Waals surface area contributed by atoms with Crippen LogP contribution in [-0.2, 0) is 4.79 Å². The summed E-state index contributed by atoms with van der Waals surface area (Å²) in [5.74, 6) is 1.24. The van der Waals surface area contributed by atoms with E-state index in [0.717, 1.165) is 24.6 Å². The molecule has 0 aromatic heterocycles. The Morgan fingerprint density at radius 2 is 1.76 bits per heavy atom. The van der Waals surface area contributed by atoms with Crippen LogP contribution in [0.1, 0.15) is 45.2 Å². The van der Waals surface area contributed by atoms with E-state index < -0.39 is 6.04 Å². The third-order valence-corrected chi connectivity index (χ3v) is 4.98. The standard InChI is InChI=1S/C19H31N3O.2ClH/c1-14(2)17(22-11-9-15(3)10-12-22)13-21-19(23)18(20)16-7-5-4-6-8-16;;/h4-8,14-15,17-18H,9-13,20H2,1-3H3,(H,21,23);2*1H. The average molecular weight is 390 g/mol. The van der Waals surface area contributed by atoms with E-state index in [0.29, 0.717) is 18.5 Å². The van der Waals surface area contributed by atoms with Gasteiger partial charge in [-0.2, -0.15) is 0 Å². The molecule has 1 aliphatic heterocycles. The van der Waals surface area contributed by atoms with Gasteiger partial charge in [-0.15, -0.1) is 24.8 Å². The minimum Gasteiger partial charge on any atom is -0.353 e. The fraction of sp³-hybridized carbons (Fsp3) is 0.632. The molecule has 1 saturated heterocycles. The van der Waals surface area contributed by atoms with E-state index in [1.807, 2.05) is 30.3 Å². The lowest BCUT2D eigenvalue weighted by Gasteiger charge is -2.39. The molecular formula is C19H33Cl2N3O. The van der Waals surface area contributed by atoms with Crippen LogP contribution < -0.4 is 11.1 Å². The van der Waals surface area contributed by atoms with E-state index in [9.17, 15) is 4.79 Å². The molecule has 3 N–H and O–H groups in total. The SMILES string of the molecule is CC1CCN(C(CNC(=O)C(N)c2ccccc2)C(C)C)CC1.Cl.Cl. The van der Waals surface area contributed by atoms with Gasteiger partial charge in [0.05, 0.1) is 0 Å². The third kappa shape index (κ3) is 7.14. The van der Waals surface area contributed by atoms with Gasteiger partial charge in [0.2, 0.25) is 5.91 Å². The molecule has 0 aliphatic carbocycles. The second-order valence-corrected chi connectivity index (χ2v) is 7.16. The molecule has 0 radical (unpaired) electrons. The number of carbonyl (C=O) groups is 1. The highest BCUT2D eigenvalue weighted by Crippen LogP contribution is 2.21. The third-order valence-electron chi connectivity index (χ3n) is 4.98. The maximum Gasteiger partial charge on any atom is 0.241 e. The number of likely N-dealkylation sites (tertiary alicyclic amines) is 1. The normalized spacial score (nSPS) is 18.0. The van der Waals surface area contributed by atoms with Crippen molar-refractivity contribution in [1.29, 1.82) is 0 Å². The maximum atomic E-state index is 12.4. The highest BCUT2D eigenvalue weighted by molar-refractivity contribution is 5.85. The van der Waals surface area contributed by atoms with Crippen molar-refractivity contribution in [1.82, 2.24) is 10.2 Å². The van der Waals surface area contributed by atoms with Gasteiger partial charge in [0.1, 0.15) is 6.04 Å². The molecule has 1 fully saturated rings. The largest absolute Gasteiger partial charge is 0.353 e. The number of rotatable bonds is 6. The monoisotopic (exact) mass is 389 g/mol. The number of piperidine rings is 1. The molecule has 6 heteroatoms. The summed E-state index contributed by atoms with van der Waals surface area (Å²) in [6.07, 6.45) is 2.50. The van der Waals surface area contributed by atoms with Gasteiger partial charge in [0.25, 0.3) is 0 Å². The first-order chi connectivity index (χ1) is 11.0. The maximum absolute atomic E-state index is 12.4. The summed E-state index contributed by atoms with van der Waals surface area (Å²) in [6.45, 7) is 9.71. The number of hydrogen-bond acceptors (Lipinski definition) is 3. The van der Waals surface area contributed by atoms with Crippen LogP contribution >= 0.6 is 24.8 Å². The van der Waals surface area contributed by atoms with Crippen LogP contribution in [0.15, 0.2) is 30.3 Å². The van der Waals surface area contributed by atoms with E-state index in [1.165, 1.54) is 12.8 Å². The van der Waals surface area contributed by atoms with Crippen LogP contribution in [-0.4, -0.2) is 36.5 Å². The zero-order valence-corrected chi connectivity index (χ0v) is 17.1. The molecule has 2 unspecified atom stereocenters. The molecular weight excluding hydrogens is 357 g/mol. The van der Waals surface area contributed by atoms with Crippen molar-refractivity contribution in [2.24, 2.45) is 17.6 Å². The van der Waals surface area contributed by atoms with E-state index >= 15 is 0 Å². The number of hydrogen-bond donors (Lipinski definition) is 2. The van der Waals surface area contributed by atoms with Gasteiger partial charge in [-0.3, -0.25) is 9.69 Å². The van der Waals surface area contributed by atoms with Crippen LogP contribution in [0.4, 0.5) is 0 Å². The zero-order chi connectivity index (χ0) is 16.8. The predicted octanol–water partition coefficient (Wildman–Crippen LogP) is 3.40. The second-order valence-electron chi connectivity index (χ2n) is 7.16. The van der Waals surface area contributed by atoms with Crippen molar-refractivity contribution in [2.45, 2.75) is 45.7 Å². The lowest BCUT2D eigenvalue weighted by molar-refractivity contribution is -0.122. The minimum atomic E-state index is -0.592. The number of benzene rings is 1.